The molecule has 2 heterocycles. The summed E-state index contributed by atoms with van der Waals surface area (Å²) in [5.74, 6) is 0.454. The molecule has 5 nitrogen and oxygen atoms in total. The van der Waals surface area contributed by atoms with Gasteiger partial charge in [0, 0.05) is 51.1 Å². The summed E-state index contributed by atoms with van der Waals surface area (Å²) in [4.78, 5) is 4.98. The van der Waals surface area contributed by atoms with E-state index in [1.807, 2.05) is 0 Å². The van der Waals surface area contributed by atoms with Crippen molar-refractivity contribution in [2.75, 3.05) is 26.2 Å². The highest BCUT2D eigenvalue weighted by Crippen LogP contribution is 2.19. The average Bonchev–Trinajstić information content (AvgIpc) is 3.07. The number of aliphatic hydroxyl groups excluding tert-OH is 1. The molecule has 0 saturated carbocycles. The van der Waals surface area contributed by atoms with Crippen molar-refractivity contribution in [3.63, 3.8) is 0 Å². The lowest BCUT2D eigenvalue weighted by molar-refractivity contribution is 0.0494. The first-order valence-electron chi connectivity index (χ1n) is 9.31. The summed E-state index contributed by atoms with van der Waals surface area (Å²) < 4.78 is 0. The Kier molecular flexibility index (Phi) is 6.24. The normalized spacial score (nSPS) is 19.6. The zero-order valence-electron chi connectivity index (χ0n) is 15.4. The van der Waals surface area contributed by atoms with E-state index >= 15 is 0 Å². The molecule has 25 heavy (non-hydrogen) atoms. The standard InChI is InChI=1S/C20H30N4O/c1-16(2)20-12-18(21-22-20)14-23-9-10-24(19(15-23)8-11-25)13-17-6-4-3-5-7-17/h3-7,12,16,19,25H,8-11,13-15H2,1-2H3,(H,21,22)/t19-/m0/s1. The first-order chi connectivity index (χ1) is 12.2. The monoisotopic (exact) mass is 342 g/mol. The molecule has 5 heteroatoms. The number of hydrogen-bond acceptors (Lipinski definition) is 4. The largest absolute Gasteiger partial charge is 0.396 e. The molecule has 1 saturated heterocycles. The second kappa shape index (κ2) is 8.61. The van der Waals surface area contributed by atoms with Crippen molar-refractivity contribution < 1.29 is 5.11 Å². The van der Waals surface area contributed by atoms with Crippen LogP contribution in [0.5, 0.6) is 0 Å². The number of piperazine rings is 1. The second-order valence-corrected chi connectivity index (χ2v) is 7.33. The molecular formula is C20H30N4O. The molecule has 0 amide bonds. The van der Waals surface area contributed by atoms with Gasteiger partial charge in [-0.25, -0.2) is 0 Å². The van der Waals surface area contributed by atoms with Gasteiger partial charge in [0.05, 0.1) is 5.69 Å². The molecule has 0 unspecified atom stereocenters. The van der Waals surface area contributed by atoms with E-state index in [0.717, 1.165) is 44.8 Å². The smallest absolute Gasteiger partial charge is 0.0650 e. The lowest BCUT2D eigenvalue weighted by Crippen LogP contribution is -2.52. The molecule has 3 rings (SSSR count). The summed E-state index contributed by atoms with van der Waals surface area (Å²) in [6.45, 7) is 9.51. The molecule has 2 N–H and O–H groups in total. The zero-order valence-corrected chi connectivity index (χ0v) is 15.4. The van der Waals surface area contributed by atoms with E-state index in [4.69, 9.17) is 0 Å². The Bertz CT molecular complexity index is 640. The molecule has 0 aliphatic carbocycles. The van der Waals surface area contributed by atoms with Gasteiger partial charge in [0.1, 0.15) is 0 Å². The lowest BCUT2D eigenvalue weighted by Gasteiger charge is -2.41. The van der Waals surface area contributed by atoms with Gasteiger partial charge in [-0.1, -0.05) is 44.2 Å². The summed E-state index contributed by atoms with van der Waals surface area (Å²) in [5.41, 5.74) is 3.65. The van der Waals surface area contributed by atoms with Gasteiger partial charge in [-0.15, -0.1) is 0 Å². The van der Waals surface area contributed by atoms with Gasteiger partial charge in [-0.05, 0) is 24.0 Å². The predicted molar refractivity (Wildman–Crippen MR) is 100 cm³/mol. The molecule has 1 atom stereocenters. The molecule has 2 aromatic rings. The van der Waals surface area contributed by atoms with E-state index in [-0.39, 0.29) is 6.61 Å². The third-order valence-electron chi connectivity index (χ3n) is 5.02. The van der Waals surface area contributed by atoms with Gasteiger partial charge in [0.2, 0.25) is 0 Å². The highest BCUT2D eigenvalue weighted by Gasteiger charge is 2.27. The maximum atomic E-state index is 9.48. The number of hydrogen-bond donors (Lipinski definition) is 2. The molecular weight excluding hydrogens is 312 g/mol. The maximum Gasteiger partial charge on any atom is 0.0650 e. The van der Waals surface area contributed by atoms with Crippen LogP contribution < -0.4 is 0 Å². The Hall–Kier alpha value is -1.69. The third-order valence-corrected chi connectivity index (χ3v) is 5.02. The minimum absolute atomic E-state index is 0.241. The third kappa shape index (κ3) is 4.91. The van der Waals surface area contributed by atoms with Crippen LogP contribution >= 0.6 is 0 Å². The number of aromatic nitrogens is 2. The fourth-order valence-corrected chi connectivity index (χ4v) is 3.55. The van der Waals surface area contributed by atoms with Crippen LogP contribution in [0.3, 0.4) is 0 Å². The van der Waals surface area contributed by atoms with Crippen LogP contribution in [0, 0.1) is 0 Å². The lowest BCUT2D eigenvalue weighted by atomic mass is 10.1. The van der Waals surface area contributed by atoms with Gasteiger partial charge < -0.3 is 5.11 Å². The van der Waals surface area contributed by atoms with Crippen LogP contribution in [0.25, 0.3) is 0 Å². The van der Waals surface area contributed by atoms with Gasteiger partial charge in [0.25, 0.3) is 0 Å². The Morgan fingerprint density at radius 2 is 2.00 bits per heavy atom. The molecule has 1 fully saturated rings. The number of benzene rings is 1. The number of nitrogens with one attached hydrogen (secondary N) is 1. The van der Waals surface area contributed by atoms with E-state index in [1.54, 1.807) is 0 Å². The highest BCUT2D eigenvalue weighted by atomic mass is 16.3. The fourth-order valence-electron chi connectivity index (χ4n) is 3.55. The van der Waals surface area contributed by atoms with Crippen LogP contribution in [0.4, 0.5) is 0 Å². The number of nitrogens with zero attached hydrogens (tertiary/aromatic N) is 3. The number of H-pyrrole nitrogens is 1. The van der Waals surface area contributed by atoms with E-state index in [2.05, 4.69) is 70.2 Å². The summed E-state index contributed by atoms with van der Waals surface area (Å²) in [7, 11) is 0. The minimum Gasteiger partial charge on any atom is -0.396 e. The molecule has 0 spiro atoms. The molecule has 136 valence electrons. The van der Waals surface area contributed by atoms with Crippen LogP contribution in [0.1, 0.15) is 43.1 Å². The first-order valence-corrected chi connectivity index (χ1v) is 9.31. The Balaban J connectivity index is 1.60. The second-order valence-electron chi connectivity index (χ2n) is 7.33. The molecule has 0 bridgehead atoms. The van der Waals surface area contributed by atoms with Crippen molar-refractivity contribution in [2.45, 2.75) is 45.3 Å². The Morgan fingerprint density at radius 1 is 1.20 bits per heavy atom. The molecule has 1 aromatic heterocycles. The minimum atomic E-state index is 0.241. The van der Waals surface area contributed by atoms with Crippen molar-refractivity contribution >= 4 is 0 Å². The van der Waals surface area contributed by atoms with Crippen LogP contribution in [0.2, 0.25) is 0 Å². The first kappa shape index (κ1) is 18.1. The van der Waals surface area contributed by atoms with Crippen molar-refractivity contribution in [3.05, 3.63) is 53.3 Å². The fraction of sp³-hybridized carbons (Fsp3) is 0.550. The molecule has 0 radical (unpaired) electrons. The Labute approximate surface area is 150 Å². The molecule has 1 aliphatic heterocycles. The van der Waals surface area contributed by atoms with Crippen molar-refractivity contribution in [1.82, 2.24) is 20.0 Å². The number of aliphatic hydroxyl groups is 1. The maximum absolute atomic E-state index is 9.48. The van der Waals surface area contributed by atoms with Crippen LogP contribution in [0.15, 0.2) is 36.4 Å². The van der Waals surface area contributed by atoms with Crippen molar-refractivity contribution in [1.29, 1.82) is 0 Å². The topological polar surface area (TPSA) is 55.4 Å². The number of aromatic amines is 1. The van der Waals surface area contributed by atoms with Crippen molar-refractivity contribution in [2.24, 2.45) is 0 Å². The van der Waals surface area contributed by atoms with Gasteiger partial charge in [-0.2, -0.15) is 5.10 Å². The molecule has 1 aliphatic rings. The summed E-state index contributed by atoms with van der Waals surface area (Å²) >= 11 is 0. The summed E-state index contributed by atoms with van der Waals surface area (Å²) in [6.07, 6.45) is 0.823. The highest BCUT2D eigenvalue weighted by molar-refractivity contribution is 5.15. The predicted octanol–water partition coefficient (Wildman–Crippen LogP) is 2.60. The van der Waals surface area contributed by atoms with Crippen LogP contribution in [-0.2, 0) is 13.1 Å². The van der Waals surface area contributed by atoms with Gasteiger partial charge in [-0.3, -0.25) is 14.9 Å². The van der Waals surface area contributed by atoms with Crippen molar-refractivity contribution in [3.8, 4) is 0 Å². The van der Waals surface area contributed by atoms with E-state index in [0.29, 0.717) is 12.0 Å². The van der Waals surface area contributed by atoms with E-state index in [9.17, 15) is 5.11 Å². The number of rotatable bonds is 7. The SMILES string of the molecule is CC(C)c1cc(CN2CCN(Cc3ccccc3)[C@@H](CCO)C2)[nH]n1. The average molecular weight is 342 g/mol. The van der Waals surface area contributed by atoms with E-state index < -0.39 is 0 Å². The Morgan fingerprint density at radius 3 is 2.68 bits per heavy atom. The molecule has 1 aromatic carbocycles. The summed E-state index contributed by atoms with van der Waals surface area (Å²) in [6, 6.07) is 13.2. The summed E-state index contributed by atoms with van der Waals surface area (Å²) in [5, 5.41) is 17.1. The van der Waals surface area contributed by atoms with Gasteiger partial charge >= 0.3 is 0 Å². The van der Waals surface area contributed by atoms with Gasteiger partial charge in [0.15, 0.2) is 0 Å². The van der Waals surface area contributed by atoms with Crippen LogP contribution in [-0.4, -0.2) is 57.4 Å². The zero-order chi connectivity index (χ0) is 17.6. The van der Waals surface area contributed by atoms with E-state index in [1.165, 1.54) is 11.3 Å². The quantitative estimate of drug-likeness (QED) is 0.812.